The lowest BCUT2D eigenvalue weighted by Gasteiger charge is -2.16. The number of nitrogens with zero attached hydrogens (tertiary/aromatic N) is 3. The molecule has 0 spiro atoms. The van der Waals surface area contributed by atoms with Crippen LogP contribution in [-0.2, 0) is 19.9 Å². The highest BCUT2D eigenvalue weighted by molar-refractivity contribution is 7.09. The molecule has 0 aliphatic rings. The maximum absolute atomic E-state index is 12.9. The summed E-state index contributed by atoms with van der Waals surface area (Å²) in [4.78, 5) is 17.5. The largest absolute Gasteiger partial charge is 0.341 e. The SMILES string of the molecule is CCc1nn(C)c(C(=O)N[C@H](Cc2ccsc2)c2nc(C)cs2)c1C. The Bertz CT molecular complexity index is 864. The van der Waals surface area contributed by atoms with Gasteiger partial charge in [-0.2, -0.15) is 16.4 Å². The number of carbonyl (C=O) groups excluding carboxylic acids is 1. The van der Waals surface area contributed by atoms with Gasteiger partial charge in [0.25, 0.3) is 5.91 Å². The van der Waals surface area contributed by atoms with Gasteiger partial charge in [0, 0.05) is 30.1 Å². The summed E-state index contributed by atoms with van der Waals surface area (Å²) in [7, 11) is 1.82. The van der Waals surface area contributed by atoms with Crippen LogP contribution in [0.15, 0.2) is 22.2 Å². The van der Waals surface area contributed by atoms with E-state index in [0.29, 0.717) is 5.69 Å². The molecule has 0 saturated heterocycles. The fourth-order valence-electron chi connectivity index (χ4n) is 2.94. The van der Waals surface area contributed by atoms with Gasteiger partial charge in [0.05, 0.1) is 11.7 Å². The second-order valence-electron chi connectivity index (χ2n) is 6.09. The fraction of sp³-hybridized carbons (Fsp3) is 0.389. The Morgan fingerprint density at radius 3 is 2.72 bits per heavy atom. The molecular weight excluding hydrogens is 352 g/mol. The number of nitrogens with one attached hydrogen (secondary N) is 1. The molecule has 0 aromatic carbocycles. The second kappa shape index (κ2) is 7.49. The van der Waals surface area contributed by atoms with Gasteiger partial charge in [-0.15, -0.1) is 11.3 Å². The molecule has 1 N–H and O–H groups in total. The molecule has 0 unspecified atom stereocenters. The zero-order valence-electron chi connectivity index (χ0n) is 14.9. The summed E-state index contributed by atoms with van der Waals surface area (Å²) in [5, 5.41) is 14.8. The predicted molar refractivity (Wildman–Crippen MR) is 102 cm³/mol. The third-order valence-corrected chi connectivity index (χ3v) is 6.00. The van der Waals surface area contributed by atoms with Gasteiger partial charge in [0.2, 0.25) is 0 Å². The maximum Gasteiger partial charge on any atom is 0.270 e. The number of rotatable bonds is 6. The van der Waals surface area contributed by atoms with Crippen molar-refractivity contribution in [3.8, 4) is 0 Å². The van der Waals surface area contributed by atoms with Crippen molar-refractivity contribution in [1.82, 2.24) is 20.1 Å². The fourth-order valence-corrected chi connectivity index (χ4v) is 4.47. The van der Waals surface area contributed by atoms with E-state index in [1.54, 1.807) is 27.4 Å². The third kappa shape index (κ3) is 3.82. The van der Waals surface area contributed by atoms with Crippen molar-refractivity contribution in [1.29, 1.82) is 0 Å². The monoisotopic (exact) mass is 374 g/mol. The molecule has 5 nitrogen and oxygen atoms in total. The van der Waals surface area contributed by atoms with E-state index >= 15 is 0 Å². The van der Waals surface area contributed by atoms with E-state index < -0.39 is 0 Å². The van der Waals surface area contributed by atoms with E-state index in [-0.39, 0.29) is 11.9 Å². The first-order valence-corrected chi connectivity index (χ1v) is 10.1. The Labute approximate surface area is 155 Å². The van der Waals surface area contributed by atoms with Crippen molar-refractivity contribution >= 4 is 28.6 Å². The van der Waals surface area contributed by atoms with Crippen LogP contribution >= 0.6 is 22.7 Å². The number of thiazole rings is 1. The summed E-state index contributed by atoms with van der Waals surface area (Å²) in [6, 6.07) is 1.95. The van der Waals surface area contributed by atoms with Crippen molar-refractivity contribution in [2.75, 3.05) is 0 Å². The Morgan fingerprint density at radius 1 is 1.36 bits per heavy atom. The zero-order chi connectivity index (χ0) is 18.0. The Balaban J connectivity index is 1.87. The van der Waals surface area contributed by atoms with Gasteiger partial charge in [-0.05, 0) is 42.7 Å². The normalized spacial score (nSPS) is 12.3. The average molecular weight is 375 g/mol. The topological polar surface area (TPSA) is 59.8 Å². The molecule has 3 aromatic rings. The number of aromatic nitrogens is 3. The van der Waals surface area contributed by atoms with Gasteiger partial charge in [-0.25, -0.2) is 4.98 Å². The summed E-state index contributed by atoms with van der Waals surface area (Å²) in [5.74, 6) is -0.0970. The number of amides is 1. The van der Waals surface area contributed by atoms with E-state index in [9.17, 15) is 4.79 Å². The van der Waals surface area contributed by atoms with Gasteiger partial charge in [-0.3, -0.25) is 9.48 Å². The Hall–Kier alpha value is -1.99. The first kappa shape index (κ1) is 17.8. The molecule has 25 heavy (non-hydrogen) atoms. The molecule has 1 amide bonds. The Kier molecular flexibility index (Phi) is 5.34. The molecule has 0 aliphatic heterocycles. The van der Waals surface area contributed by atoms with Gasteiger partial charge in [0.15, 0.2) is 0 Å². The molecule has 0 radical (unpaired) electrons. The first-order valence-electron chi connectivity index (χ1n) is 8.26. The van der Waals surface area contributed by atoms with Gasteiger partial charge >= 0.3 is 0 Å². The number of thiophene rings is 1. The van der Waals surface area contributed by atoms with Crippen LogP contribution in [0.25, 0.3) is 0 Å². The quantitative estimate of drug-likeness (QED) is 0.713. The minimum atomic E-state index is -0.139. The number of hydrogen-bond donors (Lipinski definition) is 1. The van der Waals surface area contributed by atoms with Crippen molar-refractivity contribution in [3.63, 3.8) is 0 Å². The third-order valence-electron chi connectivity index (χ3n) is 4.19. The van der Waals surface area contributed by atoms with Crippen molar-refractivity contribution < 1.29 is 4.79 Å². The molecule has 3 rings (SSSR count). The molecule has 0 bridgehead atoms. The summed E-state index contributed by atoms with van der Waals surface area (Å²) in [5.41, 5.74) is 4.73. The molecule has 3 aromatic heterocycles. The summed E-state index contributed by atoms with van der Waals surface area (Å²) < 4.78 is 1.68. The lowest BCUT2D eigenvalue weighted by molar-refractivity contribution is 0.0926. The molecule has 0 aliphatic carbocycles. The van der Waals surface area contributed by atoms with Crippen molar-refractivity contribution in [2.45, 2.75) is 39.7 Å². The van der Waals surface area contributed by atoms with Crippen LogP contribution in [0.3, 0.4) is 0 Å². The van der Waals surface area contributed by atoms with Crippen LogP contribution in [0.2, 0.25) is 0 Å². The van der Waals surface area contributed by atoms with E-state index in [0.717, 1.165) is 34.8 Å². The summed E-state index contributed by atoms with van der Waals surface area (Å²) >= 11 is 3.25. The van der Waals surface area contributed by atoms with E-state index in [4.69, 9.17) is 0 Å². The molecule has 0 saturated carbocycles. The number of hydrogen-bond acceptors (Lipinski definition) is 5. The highest BCUT2D eigenvalue weighted by Gasteiger charge is 2.23. The van der Waals surface area contributed by atoms with E-state index in [1.165, 1.54) is 5.56 Å². The molecule has 7 heteroatoms. The Morgan fingerprint density at radius 2 is 2.16 bits per heavy atom. The minimum Gasteiger partial charge on any atom is -0.341 e. The molecule has 0 fully saturated rings. The lowest BCUT2D eigenvalue weighted by atomic mass is 10.1. The van der Waals surface area contributed by atoms with Crippen molar-refractivity contribution in [3.05, 3.63) is 55.4 Å². The second-order valence-corrected chi connectivity index (χ2v) is 7.76. The van der Waals surface area contributed by atoms with E-state index in [2.05, 4.69) is 39.1 Å². The maximum atomic E-state index is 12.9. The number of carbonyl (C=O) groups is 1. The highest BCUT2D eigenvalue weighted by atomic mass is 32.1. The predicted octanol–water partition coefficient (Wildman–Crippen LogP) is 3.83. The van der Waals surface area contributed by atoms with Crippen LogP contribution in [0.5, 0.6) is 0 Å². The van der Waals surface area contributed by atoms with Crippen LogP contribution in [-0.4, -0.2) is 20.7 Å². The molecular formula is C18H22N4OS2. The molecule has 1 atom stereocenters. The minimum absolute atomic E-state index is 0.0970. The van der Waals surface area contributed by atoms with Gasteiger partial charge < -0.3 is 5.32 Å². The standard InChI is InChI=1S/C18H22N4OS2/c1-5-14-12(3)16(22(4)21-14)17(23)20-15(8-13-6-7-24-10-13)18-19-11(2)9-25-18/h6-7,9-10,15H,5,8H2,1-4H3,(H,20,23)/t15-/m1/s1. The average Bonchev–Trinajstić information content (AvgIpc) is 3.28. The lowest BCUT2D eigenvalue weighted by Crippen LogP contribution is -2.31. The first-order chi connectivity index (χ1) is 12.0. The molecule has 132 valence electrons. The van der Waals surface area contributed by atoms with Crippen LogP contribution < -0.4 is 5.32 Å². The van der Waals surface area contributed by atoms with Gasteiger partial charge in [0.1, 0.15) is 10.7 Å². The van der Waals surface area contributed by atoms with Crippen molar-refractivity contribution in [2.24, 2.45) is 7.05 Å². The van der Waals surface area contributed by atoms with Crippen LogP contribution in [0, 0.1) is 13.8 Å². The van der Waals surface area contributed by atoms with Crippen LogP contribution in [0.1, 0.15) is 51.0 Å². The summed E-state index contributed by atoms with van der Waals surface area (Å²) in [6.07, 6.45) is 1.55. The smallest absolute Gasteiger partial charge is 0.270 e. The zero-order valence-corrected chi connectivity index (χ0v) is 16.5. The van der Waals surface area contributed by atoms with E-state index in [1.807, 2.05) is 26.3 Å². The van der Waals surface area contributed by atoms with Gasteiger partial charge in [-0.1, -0.05) is 6.92 Å². The summed E-state index contributed by atoms with van der Waals surface area (Å²) in [6.45, 7) is 5.99. The number of aryl methyl sites for hydroxylation is 3. The van der Waals surface area contributed by atoms with Crippen LogP contribution in [0.4, 0.5) is 0 Å². The highest BCUT2D eigenvalue weighted by Crippen LogP contribution is 2.24. The molecule has 3 heterocycles.